The average Bonchev–Trinajstić information content (AvgIpc) is 3.23. The summed E-state index contributed by atoms with van der Waals surface area (Å²) in [5.41, 5.74) is 1.27. The van der Waals surface area contributed by atoms with E-state index in [1.54, 1.807) is 13.2 Å². The van der Waals surface area contributed by atoms with Crippen molar-refractivity contribution in [1.29, 1.82) is 0 Å². The van der Waals surface area contributed by atoms with E-state index in [1.165, 1.54) is 18.7 Å². The second-order valence-electron chi connectivity index (χ2n) is 4.77. The standard InChI is InChI=1S/C16H20O4/c1-18-13-7-3-5-12(11-13)6-4-8-14-15(20-14)9-10-16(17)19-2/h3,5,7,9-11,14-15H,4,6,8H2,1-2H3/b10-9+/t14-,15+/m1/s1. The van der Waals surface area contributed by atoms with E-state index < -0.39 is 0 Å². The van der Waals surface area contributed by atoms with Gasteiger partial charge in [-0.05, 0) is 43.0 Å². The number of epoxide rings is 1. The molecule has 20 heavy (non-hydrogen) atoms. The third kappa shape index (κ3) is 4.38. The fourth-order valence-corrected chi connectivity index (χ4v) is 2.13. The Hall–Kier alpha value is -1.81. The Morgan fingerprint density at radius 2 is 2.25 bits per heavy atom. The fourth-order valence-electron chi connectivity index (χ4n) is 2.13. The van der Waals surface area contributed by atoms with Crippen LogP contribution in [0.2, 0.25) is 0 Å². The second kappa shape index (κ2) is 7.10. The highest BCUT2D eigenvalue weighted by molar-refractivity contribution is 5.81. The van der Waals surface area contributed by atoms with Crippen LogP contribution in [-0.4, -0.2) is 32.4 Å². The van der Waals surface area contributed by atoms with E-state index in [4.69, 9.17) is 9.47 Å². The summed E-state index contributed by atoms with van der Waals surface area (Å²) in [6, 6.07) is 8.11. The number of hydrogen-bond acceptors (Lipinski definition) is 4. The van der Waals surface area contributed by atoms with E-state index in [1.807, 2.05) is 12.1 Å². The van der Waals surface area contributed by atoms with Crippen LogP contribution in [0.5, 0.6) is 5.75 Å². The molecule has 0 amide bonds. The number of ether oxygens (including phenoxy) is 3. The Morgan fingerprint density at radius 3 is 3.00 bits per heavy atom. The first kappa shape index (κ1) is 14.6. The van der Waals surface area contributed by atoms with Gasteiger partial charge in [-0.15, -0.1) is 0 Å². The molecule has 1 heterocycles. The lowest BCUT2D eigenvalue weighted by atomic mass is 10.1. The van der Waals surface area contributed by atoms with Crippen LogP contribution < -0.4 is 4.74 Å². The summed E-state index contributed by atoms with van der Waals surface area (Å²) in [4.78, 5) is 10.9. The minimum atomic E-state index is -0.337. The minimum Gasteiger partial charge on any atom is -0.497 e. The van der Waals surface area contributed by atoms with Gasteiger partial charge in [0.05, 0.1) is 20.3 Å². The Bertz CT molecular complexity index is 481. The van der Waals surface area contributed by atoms with Gasteiger partial charge in [0, 0.05) is 6.08 Å². The summed E-state index contributed by atoms with van der Waals surface area (Å²) in [6.45, 7) is 0. The lowest BCUT2D eigenvalue weighted by Gasteiger charge is -2.03. The van der Waals surface area contributed by atoms with Crippen molar-refractivity contribution < 1.29 is 19.0 Å². The maximum absolute atomic E-state index is 10.9. The van der Waals surface area contributed by atoms with Gasteiger partial charge in [-0.3, -0.25) is 0 Å². The number of carbonyl (C=O) groups is 1. The van der Waals surface area contributed by atoms with E-state index in [0.29, 0.717) is 0 Å². The molecule has 1 aliphatic heterocycles. The van der Waals surface area contributed by atoms with Gasteiger partial charge in [-0.1, -0.05) is 12.1 Å². The molecule has 108 valence electrons. The third-order valence-electron chi connectivity index (χ3n) is 3.33. The van der Waals surface area contributed by atoms with Crippen molar-refractivity contribution in [1.82, 2.24) is 0 Å². The number of rotatable bonds is 7. The molecule has 1 saturated heterocycles. The molecule has 0 N–H and O–H groups in total. The van der Waals surface area contributed by atoms with Gasteiger partial charge >= 0.3 is 5.97 Å². The molecule has 0 saturated carbocycles. The lowest BCUT2D eigenvalue weighted by molar-refractivity contribution is -0.134. The van der Waals surface area contributed by atoms with Crippen LogP contribution >= 0.6 is 0 Å². The number of esters is 1. The molecule has 1 aliphatic rings. The van der Waals surface area contributed by atoms with E-state index in [9.17, 15) is 4.79 Å². The molecule has 4 heteroatoms. The second-order valence-corrected chi connectivity index (χ2v) is 4.77. The molecule has 2 rings (SSSR count). The summed E-state index contributed by atoms with van der Waals surface area (Å²) < 4.78 is 15.2. The summed E-state index contributed by atoms with van der Waals surface area (Å²) in [5.74, 6) is 0.555. The number of hydrogen-bond donors (Lipinski definition) is 0. The lowest BCUT2D eigenvalue weighted by Crippen LogP contribution is -1.97. The van der Waals surface area contributed by atoms with Gasteiger partial charge in [0.2, 0.25) is 0 Å². The molecule has 2 atom stereocenters. The Labute approximate surface area is 119 Å². The highest BCUT2D eigenvalue weighted by Gasteiger charge is 2.35. The SMILES string of the molecule is COC(=O)/C=C/[C@@H]1O[C@@H]1CCCc1cccc(OC)c1. The van der Waals surface area contributed by atoms with Crippen molar-refractivity contribution in [2.45, 2.75) is 31.5 Å². The Balaban J connectivity index is 1.67. The van der Waals surface area contributed by atoms with Gasteiger partial charge in [0.25, 0.3) is 0 Å². The maximum Gasteiger partial charge on any atom is 0.330 e. The molecule has 0 aromatic heterocycles. The molecule has 0 aliphatic carbocycles. The molecule has 0 unspecified atom stereocenters. The van der Waals surface area contributed by atoms with Crippen molar-refractivity contribution in [2.24, 2.45) is 0 Å². The Kier molecular flexibility index (Phi) is 5.18. The first-order valence-electron chi connectivity index (χ1n) is 6.77. The number of benzene rings is 1. The van der Waals surface area contributed by atoms with Crippen LogP contribution in [-0.2, 0) is 20.7 Å². The topological polar surface area (TPSA) is 48.1 Å². The maximum atomic E-state index is 10.9. The number of methoxy groups -OCH3 is 2. The van der Waals surface area contributed by atoms with Crippen molar-refractivity contribution in [3.63, 3.8) is 0 Å². The molecule has 4 nitrogen and oxygen atoms in total. The molecule has 1 fully saturated rings. The van der Waals surface area contributed by atoms with Crippen LogP contribution in [0.4, 0.5) is 0 Å². The van der Waals surface area contributed by atoms with Crippen LogP contribution in [0.25, 0.3) is 0 Å². The number of carbonyl (C=O) groups excluding carboxylic acids is 1. The van der Waals surface area contributed by atoms with Crippen molar-refractivity contribution in [3.8, 4) is 5.75 Å². The first-order chi connectivity index (χ1) is 9.72. The minimum absolute atomic E-state index is 0.0689. The summed E-state index contributed by atoms with van der Waals surface area (Å²) >= 11 is 0. The predicted molar refractivity (Wildman–Crippen MR) is 75.7 cm³/mol. The molecular formula is C16H20O4. The third-order valence-corrected chi connectivity index (χ3v) is 3.33. The summed E-state index contributed by atoms with van der Waals surface area (Å²) in [7, 11) is 3.04. The van der Waals surface area contributed by atoms with Gasteiger partial charge in [0.1, 0.15) is 11.9 Å². The normalized spacial score (nSPS) is 20.9. The highest BCUT2D eigenvalue weighted by atomic mass is 16.6. The summed E-state index contributed by atoms with van der Waals surface area (Å²) in [5, 5.41) is 0. The molecular weight excluding hydrogens is 256 g/mol. The zero-order chi connectivity index (χ0) is 14.4. The molecule has 1 aromatic rings. The molecule has 0 spiro atoms. The molecule has 0 radical (unpaired) electrons. The van der Waals surface area contributed by atoms with E-state index in [-0.39, 0.29) is 18.2 Å². The smallest absolute Gasteiger partial charge is 0.330 e. The van der Waals surface area contributed by atoms with Crippen molar-refractivity contribution in [2.75, 3.05) is 14.2 Å². The first-order valence-corrected chi connectivity index (χ1v) is 6.77. The Morgan fingerprint density at radius 1 is 1.40 bits per heavy atom. The highest BCUT2D eigenvalue weighted by Crippen LogP contribution is 2.28. The fraction of sp³-hybridized carbons (Fsp3) is 0.438. The summed E-state index contributed by atoms with van der Waals surface area (Å²) in [6.07, 6.45) is 6.55. The van der Waals surface area contributed by atoms with Crippen molar-refractivity contribution in [3.05, 3.63) is 42.0 Å². The van der Waals surface area contributed by atoms with Gasteiger partial charge in [-0.2, -0.15) is 0 Å². The zero-order valence-corrected chi connectivity index (χ0v) is 11.9. The quantitative estimate of drug-likeness (QED) is 0.436. The molecule has 1 aromatic carbocycles. The van der Waals surface area contributed by atoms with Gasteiger partial charge in [-0.25, -0.2) is 4.79 Å². The zero-order valence-electron chi connectivity index (χ0n) is 11.9. The largest absolute Gasteiger partial charge is 0.497 e. The molecule has 0 bridgehead atoms. The van der Waals surface area contributed by atoms with Crippen LogP contribution in [0.1, 0.15) is 18.4 Å². The van der Waals surface area contributed by atoms with Crippen LogP contribution in [0.15, 0.2) is 36.4 Å². The van der Waals surface area contributed by atoms with Gasteiger partial charge < -0.3 is 14.2 Å². The van der Waals surface area contributed by atoms with E-state index >= 15 is 0 Å². The van der Waals surface area contributed by atoms with Crippen LogP contribution in [0, 0.1) is 0 Å². The van der Waals surface area contributed by atoms with Crippen molar-refractivity contribution >= 4 is 5.97 Å². The van der Waals surface area contributed by atoms with Crippen LogP contribution in [0.3, 0.4) is 0 Å². The van der Waals surface area contributed by atoms with E-state index in [2.05, 4.69) is 16.9 Å². The van der Waals surface area contributed by atoms with E-state index in [0.717, 1.165) is 25.0 Å². The van der Waals surface area contributed by atoms with Gasteiger partial charge in [0.15, 0.2) is 0 Å². The number of aryl methyl sites for hydroxylation is 1. The predicted octanol–water partition coefficient (Wildman–Crippen LogP) is 2.51. The average molecular weight is 276 g/mol. The monoisotopic (exact) mass is 276 g/mol.